The molecule has 0 unspecified atom stereocenters. The van der Waals surface area contributed by atoms with Gasteiger partial charge in [0, 0.05) is 34.5 Å². The molecule has 3 nitrogen and oxygen atoms in total. The molecule has 0 radical (unpaired) electrons. The van der Waals surface area contributed by atoms with Crippen LogP contribution in [-0.2, 0) is 0 Å². The molecule has 0 amide bonds. The maximum atomic E-state index is 9.24. The van der Waals surface area contributed by atoms with Gasteiger partial charge in [0.05, 0.1) is 5.71 Å². The fourth-order valence-corrected chi connectivity index (χ4v) is 5.83. The normalized spacial score (nSPS) is 14.2. The van der Waals surface area contributed by atoms with Crippen LogP contribution in [0.25, 0.3) is 54.8 Å². The van der Waals surface area contributed by atoms with Crippen LogP contribution in [0.3, 0.4) is 0 Å². The molecule has 2 N–H and O–H groups in total. The summed E-state index contributed by atoms with van der Waals surface area (Å²) in [6.07, 6.45) is 10.6. The molecule has 1 heterocycles. The SMILES string of the molecule is CN/C(=C\C(=N)c1ccc2oc3cccc4c5ccccc5c1c2c34)c1cccc(C2=CC=CCC2)c1. The summed E-state index contributed by atoms with van der Waals surface area (Å²) in [5.74, 6) is 0. The largest absolute Gasteiger partial charge is 0.456 e. The molecule has 1 aliphatic rings. The number of nitrogens with one attached hydrogen (secondary N) is 2. The number of rotatable bonds is 5. The lowest BCUT2D eigenvalue weighted by Crippen LogP contribution is -2.08. The zero-order valence-electron chi connectivity index (χ0n) is 20.6. The van der Waals surface area contributed by atoms with Crippen LogP contribution in [0, 0.1) is 5.41 Å². The van der Waals surface area contributed by atoms with Gasteiger partial charge in [0.1, 0.15) is 11.2 Å². The lowest BCUT2D eigenvalue weighted by molar-refractivity contribution is 0.669. The summed E-state index contributed by atoms with van der Waals surface area (Å²) in [6, 6.07) is 27.4. The quantitative estimate of drug-likeness (QED) is 0.192. The van der Waals surface area contributed by atoms with Gasteiger partial charge in [-0.15, -0.1) is 0 Å². The molecule has 37 heavy (non-hydrogen) atoms. The topological polar surface area (TPSA) is 49.0 Å². The standard InChI is InChI=1S/C34H26N2O/c1-36-29(23-12-7-11-22(19-23)21-9-3-2-4-10-21)20-28(35)27-17-18-31-34-32(27)25-14-6-5-13-24(25)26-15-8-16-30(37-31)33(26)34/h2-3,5-9,11-20,35-36H,4,10H2,1H3/b29-20-,35-28?. The Kier molecular flexibility index (Phi) is 4.97. The first kappa shape index (κ1) is 21.6. The number of fused-ring (bicyclic) bond motifs is 3. The van der Waals surface area contributed by atoms with Crippen molar-refractivity contribution in [1.29, 1.82) is 5.41 Å². The maximum absolute atomic E-state index is 9.24. The van der Waals surface area contributed by atoms with Gasteiger partial charge in [-0.05, 0) is 76.0 Å². The molecule has 178 valence electrons. The first-order valence-electron chi connectivity index (χ1n) is 12.8. The van der Waals surface area contributed by atoms with E-state index in [-0.39, 0.29) is 0 Å². The summed E-state index contributed by atoms with van der Waals surface area (Å²) in [5, 5.41) is 19.4. The third-order valence-electron chi connectivity index (χ3n) is 7.56. The Morgan fingerprint density at radius 3 is 2.46 bits per heavy atom. The van der Waals surface area contributed by atoms with Crippen molar-refractivity contribution in [2.45, 2.75) is 12.8 Å². The van der Waals surface area contributed by atoms with E-state index in [4.69, 9.17) is 4.42 Å². The van der Waals surface area contributed by atoms with Gasteiger partial charge in [0.25, 0.3) is 0 Å². The first-order valence-corrected chi connectivity index (χ1v) is 12.8. The smallest absolute Gasteiger partial charge is 0.136 e. The van der Waals surface area contributed by atoms with E-state index in [1.54, 1.807) is 0 Å². The van der Waals surface area contributed by atoms with Crippen LogP contribution in [-0.4, -0.2) is 12.8 Å². The minimum atomic E-state index is 0.468. The molecule has 0 spiro atoms. The second-order valence-corrected chi connectivity index (χ2v) is 9.65. The van der Waals surface area contributed by atoms with Crippen LogP contribution in [0.15, 0.2) is 108 Å². The summed E-state index contributed by atoms with van der Waals surface area (Å²) < 4.78 is 6.25. The molecular weight excluding hydrogens is 452 g/mol. The number of furan rings is 1. The molecule has 1 aromatic heterocycles. The van der Waals surface area contributed by atoms with Crippen molar-refractivity contribution in [3.8, 4) is 0 Å². The summed E-state index contributed by atoms with van der Waals surface area (Å²) in [6.45, 7) is 0. The Morgan fingerprint density at radius 1 is 0.838 bits per heavy atom. The summed E-state index contributed by atoms with van der Waals surface area (Å²) in [4.78, 5) is 0. The van der Waals surface area contributed by atoms with E-state index >= 15 is 0 Å². The van der Waals surface area contributed by atoms with Crippen LogP contribution in [0.5, 0.6) is 0 Å². The highest BCUT2D eigenvalue weighted by molar-refractivity contribution is 6.36. The molecule has 3 heteroatoms. The summed E-state index contributed by atoms with van der Waals surface area (Å²) in [7, 11) is 1.92. The third kappa shape index (κ3) is 3.39. The molecule has 0 aliphatic heterocycles. The molecule has 7 rings (SSSR count). The van der Waals surface area contributed by atoms with Crippen LogP contribution >= 0.6 is 0 Å². The van der Waals surface area contributed by atoms with Crippen LogP contribution < -0.4 is 5.32 Å². The second kappa shape index (κ2) is 8.49. The van der Waals surface area contributed by atoms with Gasteiger partial charge in [-0.3, -0.25) is 0 Å². The Labute approximate surface area is 215 Å². The van der Waals surface area contributed by atoms with Crippen LogP contribution in [0.1, 0.15) is 29.5 Å². The maximum Gasteiger partial charge on any atom is 0.136 e. The van der Waals surface area contributed by atoms with Gasteiger partial charge in [-0.25, -0.2) is 0 Å². The Balaban J connectivity index is 1.41. The average molecular weight is 479 g/mol. The molecule has 5 aromatic carbocycles. The number of allylic oxidation sites excluding steroid dienone is 5. The predicted molar refractivity (Wildman–Crippen MR) is 157 cm³/mol. The average Bonchev–Trinajstić information content (AvgIpc) is 3.35. The van der Waals surface area contributed by atoms with E-state index < -0.39 is 0 Å². The van der Waals surface area contributed by atoms with Crippen molar-refractivity contribution in [1.82, 2.24) is 5.32 Å². The predicted octanol–water partition coefficient (Wildman–Crippen LogP) is 8.69. The lowest BCUT2D eigenvalue weighted by Gasteiger charge is -2.14. The molecular formula is C34H26N2O. The minimum Gasteiger partial charge on any atom is -0.456 e. The zero-order valence-corrected chi connectivity index (χ0v) is 20.6. The van der Waals surface area contributed by atoms with Gasteiger partial charge in [-0.2, -0.15) is 0 Å². The van der Waals surface area contributed by atoms with Crippen molar-refractivity contribution in [3.63, 3.8) is 0 Å². The number of benzene rings is 5. The van der Waals surface area contributed by atoms with E-state index in [2.05, 4.69) is 84.2 Å². The fraction of sp³-hybridized carbons (Fsp3) is 0.0882. The van der Waals surface area contributed by atoms with Crippen molar-refractivity contribution < 1.29 is 4.42 Å². The van der Waals surface area contributed by atoms with Gasteiger partial charge >= 0.3 is 0 Å². The molecule has 0 saturated carbocycles. The Bertz CT molecular complexity index is 1930. The van der Waals surface area contributed by atoms with Crippen molar-refractivity contribution in [2.75, 3.05) is 7.05 Å². The van der Waals surface area contributed by atoms with E-state index in [1.807, 2.05) is 31.3 Å². The Hall–Kier alpha value is -4.63. The van der Waals surface area contributed by atoms with Crippen molar-refractivity contribution in [2.24, 2.45) is 0 Å². The Morgan fingerprint density at radius 2 is 1.62 bits per heavy atom. The van der Waals surface area contributed by atoms with Gasteiger partial charge < -0.3 is 15.1 Å². The summed E-state index contributed by atoms with van der Waals surface area (Å²) >= 11 is 0. The highest BCUT2D eigenvalue weighted by atomic mass is 16.3. The molecule has 0 fully saturated rings. The van der Waals surface area contributed by atoms with Crippen LogP contribution in [0.4, 0.5) is 0 Å². The highest BCUT2D eigenvalue weighted by Crippen LogP contribution is 2.43. The number of hydrogen-bond donors (Lipinski definition) is 2. The van der Waals surface area contributed by atoms with Gasteiger partial charge in [0.2, 0.25) is 0 Å². The molecule has 1 aliphatic carbocycles. The lowest BCUT2D eigenvalue weighted by atomic mass is 9.90. The van der Waals surface area contributed by atoms with Gasteiger partial charge in [0.15, 0.2) is 0 Å². The molecule has 6 aromatic rings. The molecule has 0 bridgehead atoms. The van der Waals surface area contributed by atoms with Crippen molar-refractivity contribution >= 4 is 60.5 Å². The minimum absolute atomic E-state index is 0.468. The van der Waals surface area contributed by atoms with E-state index in [0.29, 0.717) is 5.71 Å². The third-order valence-corrected chi connectivity index (χ3v) is 7.56. The number of hydrogen-bond acceptors (Lipinski definition) is 3. The van der Waals surface area contributed by atoms with Gasteiger partial charge in [-0.1, -0.05) is 72.8 Å². The fourth-order valence-electron chi connectivity index (χ4n) is 5.83. The first-order chi connectivity index (χ1) is 18.2. The van der Waals surface area contributed by atoms with E-state index in [1.165, 1.54) is 21.9 Å². The van der Waals surface area contributed by atoms with E-state index in [0.717, 1.165) is 62.4 Å². The monoisotopic (exact) mass is 478 g/mol. The zero-order chi connectivity index (χ0) is 24.9. The molecule has 0 saturated heterocycles. The molecule has 0 atom stereocenters. The highest BCUT2D eigenvalue weighted by Gasteiger charge is 2.20. The van der Waals surface area contributed by atoms with Crippen LogP contribution in [0.2, 0.25) is 0 Å². The second-order valence-electron chi connectivity index (χ2n) is 9.65. The van der Waals surface area contributed by atoms with E-state index in [9.17, 15) is 5.41 Å². The van der Waals surface area contributed by atoms with Crippen molar-refractivity contribution in [3.05, 3.63) is 120 Å². The summed E-state index contributed by atoms with van der Waals surface area (Å²) in [5.41, 5.74) is 7.71.